The Hall–Kier alpha value is -0.720. The SMILES string of the molecule is CCC=C(CCCCC)OS(=O)(=O)C(F)(F)F. The van der Waals surface area contributed by atoms with Crippen LogP contribution >= 0.6 is 0 Å². The van der Waals surface area contributed by atoms with Gasteiger partial charge in [-0.15, -0.1) is 0 Å². The van der Waals surface area contributed by atoms with Crippen molar-refractivity contribution in [2.75, 3.05) is 0 Å². The zero-order valence-corrected chi connectivity index (χ0v) is 10.7. The molecular formula is C10H17F3O3S. The molecule has 0 aromatic heterocycles. The summed E-state index contributed by atoms with van der Waals surface area (Å²) in [7, 11) is -5.52. The first-order chi connectivity index (χ1) is 7.74. The van der Waals surface area contributed by atoms with Crippen molar-refractivity contribution in [1.82, 2.24) is 0 Å². The number of hydrogen-bond acceptors (Lipinski definition) is 3. The molecule has 0 saturated heterocycles. The largest absolute Gasteiger partial charge is 0.534 e. The predicted octanol–water partition coefficient (Wildman–Crippen LogP) is 3.73. The molecule has 102 valence electrons. The lowest BCUT2D eigenvalue weighted by atomic mass is 10.2. The van der Waals surface area contributed by atoms with Crippen molar-refractivity contribution >= 4 is 10.1 Å². The Morgan fingerprint density at radius 3 is 2.24 bits per heavy atom. The molecule has 0 amide bonds. The molecule has 0 saturated carbocycles. The average Bonchev–Trinajstić information content (AvgIpc) is 2.16. The van der Waals surface area contributed by atoms with Gasteiger partial charge in [-0.2, -0.15) is 21.6 Å². The van der Waals surface area contributed by atoms with E-state index in [-0.39, 0.29) is 12.2 Å². The molecule has 0 aliphatic carbocycles. The Kier molecular flexibility index (Phi) is 6.59. The van der Waals surface area contributed by atoms with Crippen LogP contribution in [0.3, 0.4) is 0 Å². The minimum absolute atomic E-state index is 0.127. The van der Waals surface area contributed by atoms with Gasteiger partial charge in [0, 0.05) is 6.42 Å². The Labute approximate surface area is 99.8 Å². The van der Waals surface area contributed by atoms with Crippen molar-refractivity contribution in [3.63, 3.8) is 0 Å². The van der Waals surface area contributed by atoms with Crippen LogP contribution in [-0.2, 0) is 14.3 Å². The Balaban J connectivity index is 4.62. The van der Waals surface area contributed by atoms with Gasteiger partial charge in [0.25, 0.3) is 0 Å². The third-order valence-corrected chi connectivity index (χ3v) is 2.96. The average molecular weight is 274 g/mol. The van der Waals surface area contributed by atoms with Crippen molar-refractivity contribution in [3.8, 4) is 0 Å². The van der Waals surface area contributed by atoms with Crippen LogP contribution in [0, 0.1) is 0 Å². The first-order valence-corrected chi connectivity index (χ1v) is 6.85. The van der Waals surface area contributed by atoms with Gasteiger partial charge in [-0.3, -0.25) is 0 Å². The molecule has 0 heterocycles. The van der Waals surface area contributed by atoms with Crippen molar-refractivity contribution < 1.29 is 25.8 Å². The van der Waals surface area contributed by atoms with Gasteiger partial charge in [-0.1, -0.05) is 26.7 Å². The fourth-order valence-corrected chi connectivity index (χ4v) is 1.67. The second-order valence-electron chi connectivity index (χ2n) is 3.52. The third kappa shape index (κ3) is 5.95. The number of unbranched alkanes of at least 4 members (excludes halogenated alkanes) is 2. The fraction of sp³-hybridized carbons (Fsp3) is 0.800. The van der Waals surface area contributed by atoms with Gasteiger partial charge in [-0.25, -0.2) is 0 Å². The highest BCUT2D eigenvalue weighted by Crippen LogP contribution is 2.28. The lowest BCUT2D eigenvalue weighted by Gasteiger charge is -2.12. The summed E-state index contributed by atoms with van der Waals surface area (Å²) in [6, 6.07) is 0. The predicted molar refractivity (Wildman–Crippen MR) is 58.6 cm³/mol. The van der Waals surface area contributed by atoms with Crippen molar-refractivity contribution in [3.05, 3.63) is 11.8 Å². The Bertz CT molecular complexity index is 344. The molecule has 0 fully saturated rings. The molecule has 0 aromatic rings. The summed E-state index contributed by atoms with van der Waals surface area (Å²) in [5.41, 5.74) is -5.37. The third-order valence-electron chi connectivity index (χ3n) is 1.96. The molecule has 0 N–H and O–H groups in total. The van der Waals surface area contributed by atoms with Crippen LogP contribution in [0.5, 0.6) is 0 Å². The standard InChI is InChI=1S/C10H17F3O3S/c1-3-5-6-8-9(7-4-2)16-17(14,15)10(11,12)13/h7H,3-6,8H2,1-2H3. The van der Waals surface area contributed by atoms with Crippen LogP contribution in [0.4, 0.5) is 13.2 Å². The van der Waals surface area contributed by atoms with E-state index in [0.29, 0.717) is 12.8 Å². The highest BCUT2D eigenvalue weighted by molar-refractivity contribution is 7.87. The summed E-state index contributed by atoms with van der Waals surface area (Å²) < 4.78 is 61.9. The van der Waals surface area contributed by atoms with Gasteiger partial charge in [-0.05, 0) is 18.9 Å². The molecular weight excluding hydrogens is 257 g/mol. The Morgan fingerprint density at radius 1 is 1.24 bits per heavy atom. The van der Waals surface area contributed by atoms with E-state index in [9.17, 15) is 21.6 Å². The van der Waals surface area contributed by atoms with Crippen LogP contribution in [0.15, 0.2) is 11.8 Å². The van der Waals surface area contributed by atoms with Crippen molar-refractivity contribution in [2.45, 2.75) is 51.5 Å². The molecule has 0 bridgehead atoms. The zero-order valence-electron chi connectivity index (χ0n) is 9.88. The van der Waals surface area contributed by atoms with Gasteiger partial charge < -0.3 is 4.18 Å². The van der Waals surface area contributed by atoms with Crippen LogP contribution in [0.1, 0.15) is 46.0 Å². The molecule has 0 radical (unpaired) electrons. The van der Waals surface area contributed by atoms with E-state index < -0.39 is 15.6 Å². The number of alkyl halides is 3. The zero-order chi connectivity index (χ0) is 13.5. The number of halogens is 3. The van der Waals surface area contributed by atoms with Crippen LogP contribution in [-0.4, -0.2) is 13.9 Å². The number of rotatable bonds is 7. The quantitative estimate of drug-likeness (QED) is 0.307. The first-order valence-electron chi connectivity index (χ1n) is 5.44. The van der Waals surface area contributed by atoms with Crippen LogP contribution < -0.4 is 0 Å². The van der Waals surface area contributed by atoms with Gasteiger partial charge in [0.2, 0.25) is 0 Å². The topological polar surface area (TPSA) is 43.4 Å². The molecule has 17 heavy (non-hydrogen) atoms. The first kappa shape index (κ1) is 16.3. The molecule has 0 aliphatic rings. The Morgan fingerprint density at radius 2 is 1.82 bits per heavy atom. The van der Waals surface area contributed by atoms with E-state index in [0.717, 1.165) is 12.8 Å². The molecule has 3 nitrogen and oxygen atoms in total. The highest BCUT2D eigenvalue weighted by Gasteiger charge is 2.48. The van der Waals surface area contributed by atoms with E-state index in [1.807, 2.05) is 6.92 Å². The van der Waals surface area contributed by atoms with E-state index in [1.165, 1.54) is 6.08 Å². The minimum Gasteiger partial charge on any atom is -0.381 e. The second kappa shape index (κ2) is 6.88. The normalized spacial score (nSPS) is 13.8. The maximum atomic E-state index is 12.1. The summed E-state index contributed by atoms with van der Waals surface area (Å²) in [6.45, 7) is 3.64. The molecule has 0 unspecified atom stereocenters. The molecule has 0 spiro atoms. The molecule has 0 atom stereocenters. The van der Waals surface area contributed by atoms with E-state index in [1.54, 1.807) is 6.92 Å². The fourth-order valence-electron chi connectivity index (χ4n) is 1.14. The second-order valence-corrected chi connectivity index (χ2v) is 5.06. The van der Waals surface area contributed by atoms with Crippen molar-refractivity contribution in [1.29, 1.82) is 0 Å². The summed E-state index contributed by atoms with van der Waals surface area (Å²) in [6.07, 6.45) is 4.31. The lowest BCUT2D eigenvalue weighted by Crippen LogP contribution is -2.25. The summed E-state index contributed by atoms with van der Waals surface area (Å²) in [4.78, 5) is 0. The van der Waals surface area contributed by atoms with Gasteiger partial charge in [0.1, 0.15) is 5.76 Å². The number of hydrogen-bond donors (Lipinski definition) is 0. The highest BCUT2D eigenvalue weighted by atomic mass is 32.2. The maximum Gasteiger partial charge on any atom is 0.534 e. The van der Waals surface area contributed by atoms with E-state index >= 15 is 0 Å². The molecule has 7 heteroatoms. The maximum absolute atomic E-state index is 12.1. The summed E-state index contributed by atoms with van der Waals surface area (Å²) in [5, 5.41) is 0. The summed E-state index contributed by atoms with van der Waals surface area (Å²) in [5.74, 6) is -0.127. The molecule has 0 aliphatic heterocycles. The van der Waals surface area contributed by atoms with E-state index in [4.69, 9.17) is 0 Å². The smallest absolute Gasteiger partial charge is 0.381 e. The molecule has 0 rings (SSSR count). The lowest BCUT2D eigenvalue weighted by molar-refractivity contribution is -0.0523. The minimum atomic E-state index is -5.52. The van der Waals surface area contributed by atoms with Gasteiger partial charge in [0.15, 0.2) is 0 Å². The van der Waals surface area contributed by atoms with Crippen LogP contribution in [0.2, 0.25) is 0 Å². The summed E-state index contributed by atoms with van der Waals surface area (Å²) >= 11 is 0. The monoisotopic (exact) mass is 274 g/mol. The van der Waals surface area contributed by atoms with Crippen molar-refractivity contribution in [2.24, 2.45) is 0 Å². The van der Waals surface area contributed by atoms with Crippen LogP contribution in [0.25, 0.3) is 0 Å². The number of allylic oxidation sites excluding steroid dienone is 2. The van der Waals surface area contributed by atoms with Gasteiger partial charge >= 0.3 is 15.6 Å². The van der Waals surface area contributed by atoms with Gasteiger partial charge in [0.05, 0.1) is 0 Å². The molecule has 0 aromatic carbocycles. The van der Waals surface area contributed by atoms with E-state index in [2.05, 4.69) is 4.18 Å².